The van der Waals surface area contributed by atoms with E-state index in [9.17, 15) is 4.79 Å². The van der Waals surface area contributed by atoms with Gasteiger partial charge in [0.2, 0.25) is 5.78 Å². The van der Waals surface area contributed by atoms with Crippen molar-refractivity contribution >= 4 is 39.1 Å². The maximum atomic E-state index is 13.7. The first-order chi connectivity index (χ1) is 13.7. The number of hydrogen-bond donors (Lipinski definition) is 0. The van der Waals surface area contributed by atoms with Crippen molar-refractivity contribution in [2.75, 3.05) is 5.75 Å². The zero-order valence-electron chi connectivity index (χ0n) is 16.1. The Bertz CT molecular complexity index is 1230. The number of hydrogen-bond acceptors (Lipinski definition) is 5. The zero-order valence-corrected chi connectivity index (χ0v) is 17.7. The van der Waals surface area contributed by atoms with Gasteiger partial charge in [0.15, 0.2) is 5.16 Å². The molecule has 1 aromatic carbocycles. The number of aryl methyl sites for hydroxylation is 3. The van der Waals surface area contributed by atoms with Crippen LogP contribution in [-0.4, -0.2) is 24.9 Å². The molecule has 4 aromatic rings. The molecule has 0 saturated heterocycles. The number of benzene rings is 1. The number of fused-ring (bicyclic) bond motifs is 5. The smallest absolute Gasteiger partial charge is 0.268 e. The third kappa shape index (κ3) is 2.71. The molecule has 0 aliphatic heterocycles. The molecule has 0 N–H and O–H groups in total. The van der Waals surface area contributed by atoms with E-state index in [4.69, 9.17) is 0 Å². The van der Waals surface area contributed by atoms with Crippen LogP contribution in [0.4, 0.5) is 0 Å². The summed E-state index contributed by atoms with van der Waals surface area (Å²) in [5.74, 6) is 1.59. The van der Waals surface area contributed by atoms with E-state index in [0.29, 0.717) is 5.78 Å². The Kier molecular flexibility index (Phi) is 4.51. The molecule has 1 aliphatic carbocycles. The van der Waals surface area contributed by atoms with Gasteiger partial charge >= 0.3 is 0 Å². The van der Waals surface area contributed by atoms with Crippen LogP contribution < -0.4 is 5.56 Å². The van der Waals surface area contributed by atoms with Gasteiger partial charge in [-0.25, -0.2) is 8.97 Å². The van der Waals surface area contributed by atoms with Crippen LogP contribution in [0.2, 0.25) is 0 Å². The summed E-state index contributed by atoms with van der Waals surface area (Å²) in [6.45, 7) is 4.22. The van der Waals surface area contributed by atoms with Gasteiger partial charge in [0, 0.05) is 10.6 Å². The number of aromatic nitrogens is 4. The summed E-state index contributed by atoms with van der Waals surface area (Å²) in [6.07, 6.45) is 5.49. The van der Waals surface area contributed by atoms with E-state index in [1.807, 2.05) is 24.3 Å². The van der Waals surface area contributed by atoms with Crippen molar-refractivity contribution < 1.29 is 0 Å². The minimum Gasteiger partial charge on any atom is -0.268 e. The summed E-state index contributed by atoms with van der Waals surface area (Å²) in [6, 6.07) is 8.06. The summed E-state index contributed by atoms with van der Waals surface area (Å²) < 4.78 is 3.85. The fourth-order valence-electron chi connectivity index (χ4n) is 3.93. The Labute approximate surface area is 171 Å². The maximum absolute atomic E-state index is 13.7. The largest absolute Gasteiger partial charge is 0.268 e. The van der Waals surface area contributed by atoms with Crippen LogP contribution in [0.3, 0.4) is 0 Å². The van der Waals surface area contributed by atoms with E-state index in [-0.39, 0.29) is 5.56 Å². The van der Waals surface area contributed by atoms with Crippen molar-refractivity contribution in [3.05, 3.63) is 50.6 Å². The van der Waals surface area contributed by atoms with E-state index in [2.05, 4.69) is 28.4 Å². The standard InChI is InChI=1S/C21H22N4OS2/c1-3-12-27-21-23-22-20-24(14-10-8-13(2)9-11-14)18(26)17-15-6-4-5-7-16(15)28-19(17)25(20)21/h8-11H,3-7,12H2,1-2H3. The van der Waals surface area contributed by atoms with Crippen LogP contribution in [-0.2, 0) is 12.8 Å². The summed E-state index contributed by atoms with van der Waals surface area (Å²) >= 11 is 3.47. The van der Waals surface area contributed by atoms with Gasteiger partial charge in [-0.15, -0.1) is 21.5 Å². The molecule has 0 unspecified atom stereocenters. The third-order valence-electron chi connectivity index (χ3n) is 5.32. The summed E-state index contributed by atoms with van der Waals surface area (Å²) in [7, 11) is 0. The molecule has 0 amide bonds. The molecular weight excluding hydrogens is 388 g/mol. The highest BCUT2D eigenvalue weighted by Crippen LogP contribution is 2.36. The topological polar surface area (TPSA) is 52.2 Å². The lowest BCUT2D eigenvalue weighted by Crippen LogP contribution is -2.22. The highest BCUT2D eigenvalue weighted by atomic mass is 32.2. The Morgan fingerprint density at radius 3 is 2.71 bits per heavy atom. The molecule has 0 bridgehead atoms. The Morgan fingerprint density at radius 1 is 1.14 bits per heavy atom. The fourth-order valence-corrected chi connectivity index (χ4v) is 6.15. The third-order valence-corrected chi connectivity index (χ3v) is 7.73. The second-order valence-electron chi connectivity index (χ2n) is 7.33. The molecule has 144 valence electrons. The van der Waals surface area contributed by atoms with Crippen LogP contribution in [0.1, 0.15) is 42.2 Å². The Hall–Kier alpha value is -2.12. The lowest BCUT2D eigenvalue weighted by atomic mass is 9.97. The summed E-state index contributed by atoms with van der Waals surface area (Å²) in [5, 5.41) is 10.6. The first kappa shape index (κ1) is 17.9. The van der Waals surface area contributed by atoms with Crippen molar-refractivity contribution in [1.29, 1.82) is 0 Å². The van der Waals surface area contributed by atoms with Crippen LogP contribution in [0.15, 0.2) is 34.2 Å². The molecule has 0 atom stereocenters. The van der Waals surface area contributed by atoms with Crippen molar-refractivity contribution in [1.82, 2.24) is 19.2 Å². The fraction of sp³-hybridized carbons (Fsp3) is 0.381. The highest BCUT2D eigenvalue weighted by molar-refractivity contribution is 7.99. The monoisotopic (exact) mass is 410 g/mol. The molecule has 1 aliphatic rings. The van der Waals surface area contributed by atoms with Gasteiger partial charge in [-0.05, 0) is 56.7 Å². The summed E-state index contributed by atoms with van der Waals surface area (Å²) in [5.41, 5.74) is 3.30. The molecule has 7 heteroatoms. The second kappa shape index (κ2) is 7.04. The SMILES string of the molecule is CCCSc1nnc2n(-c3ccc(C)cc3)c(=O)c3c4c(sc3n12)CCCC4. The molecule has 5 nitrogen and oxygen atoms in total. The van der Waals surface area contributed by atoms with Crippen LogP contribution in [0.5, 0.6) is 0 Å². The molecule has 3 aromatic heterocycles. The normalized spacial score (nSPS) is 14.1. The van der Waals surface area contributed by atoms with Gasteiger partial charge in [0.1, 0.15) is 4.83 Å². The number of rotatable bonds is 4. The van der Waals surface area contributed by atoms with Crippen LogP contribution in [0.25, 0.3) is 21.7 Å². The zero-order chi connectivity index (χ0) is 19.3. The van der Waals surface area contributed by atoms with Crippen molar-refractivity contribution in [2.24, 2.45) is 0 Å². The van der Waals surface area contributed by atoms with Crippen molar-refractivity contribution in [2.45, 2.75) is 51.1 Å². The van der Waals surface area contributed by atoms with E-state index < -0.39 is 0 Å². The van der Waals surface area contributed by atoms with Crippen molar-refractivity contribution in [3.8, 4) is 5.69 Å². The molecule has 0 radical (unpaired) electrons. The van der Waals surface area contributed by atoms with Gasteiger partial charge in [-0.1, -0.05) is 36.4 Å². The number of thiophene rings is 1. The highest BCUT2D eigenvalue weighted by Gasteiger charge is 2.25. The van der Waals surface area contributed by atoms with Crippen molar-refractivity contribution in [3.63, 3.8) is 0 Å². The van der Waals surface area contributed by atoms with Gasteiger partial charge in [-0.2, -0.15) is 0 Å². The predicted octanol–water partition coefficient (Wildman–Crippen LogP) is 4.78. The summed E-state index contributed by atoms with van der Waals surface area (Å²) in [4.78, 5) is 16.0. The van der Waals surface area contributed by atoms with E-state index in [0.717, 1.165) is 52.5 Å². The lowest BCUT2D eigenvalue weighted by Gasteiger charge is -2.12. The average Bonchev–Trinajstić information content (AvgIpc) is 3.29. The molecule has 3 heterocycles. The molecule has 0 spiro atoms. The van der Waals surface area contributed by atoms with E-state index in [1.54, 1.807) is 27.7 Å². The van der Waals surface area contributed by atoms with Gasteiger partial charge in [0.25, 0.3) is 5.56 Å². The van der Waals surface area contributed by atoms with Crippen LogP contribution >= 0.6 is 23.1 Å². The lowest BCUT2D eigenvalue weighted by molar-refractivity contribution is 0.699. The molecule has 0 fully saturated rings. The number of thioether (sulfide) groups is 1. The van der Waals surface area contributed by atoms with Gasteiger partial charge < -0.3 is 0 Å². The molecule has 28 heavy (non-hydrogen) atoms. The van der Waals surface area contributed by atoms with Gasteiger partial charge in [0.05, 0.1) is 11.1 Å². The van der Waals surface area contributed by atoms with Crippen LogP contribution in [0, 0.1) is 6.92 Å². The first-order valence-corrected chi connectivity index (χ1v) is 11.6. The number of nitrogens with zero attached hydrogens (tertiary/aromatic N) is 4. The molecule has 5 rings (SSSR count). The average molecular weight is 411 g/mol. The minimum atomic E-state index is 0.0326. The van der Waals surface area contributed by atoms with Gasteiger partial charge in [-0.3, -0.25) is 4.79 Å². The predicted molar refractivity (Wildman–Crippen MR) is 116 cm³/mol. The first-order valence-electron chi connectivity index (χ1n) is 9.83. The Morgan fingerprint density at radius 2 is 1.93 bits per heavy atom. The molecular formula is C21H22N4OS2. The maximum Gasteiger partial charge on any atom is 0.268 e. The second-order valence-corrected chi connectivity index (χ2v) is 9.48. The Balaban J connectivity index is 1.90. The quantitative estimate of drug-likeness (QED) is 0.454. The molecule has 0 saturated carbocycles. The van der Waals surface area contributed by atoms with E-state index in [1.165, 1.54) is 22.4 Å². The minimum absolute atomic E-state index is 0.0326. The van der Waals surface area contributed by atoms with E-state index >= 15 is 0 Å².